The van der Waals surface area contributed by atoms with Gasteiger partial charge in [0.05, 0.1) is 23.2 Å². The Morgan fingerprint density at radius 3 is 2.48 bits per heavy atom. The quantitative estimate of drug-likeness (QED) is 0.444. The Balaban J connectivity index is 1.71. The van der Waals surface area contributed by atoms with Gasteiger partial charge in [0, 0.05) is 24.1 Å². The summed E-state index contributed by atoms with van der Waals surface area (Å²) in [5.74, 6) is 0.677. The topological polar surface area (TPSA) is 66.1 Å². The summed E-state index contributed by atoms with van der Waals surface area (Å²) in [6, 6.07) is 9.35. The van der Waals surface area contributed by atoms with Gasteiger partial charge in [0.25, 0.3) is 5.56 Å². The Bertz CT molecular complexity index is 1530. The van der Waals surface area contributed by atoms with Crippen LogP contribution in [0.15, 0.2) is 46.0 Å². The van der Waals surface area contributed by atoms with E-state index in [9.17, 15) is 22.8 Å². The fourth-order valence-electron chi connectivity index (χ4n) is 4.35. The van der Waals surface area contributed by atoms with Gasteiger partial charge in [0.1, 0.15) is 11.4 Å². The van der Waals surface area contributed by atoms with Crippen molar-refractivity contribution in [3.8, 4) is 22.7 Å². The monoisotopic (exact) mass is 473 g/mol. The molecule has 6 nitrogen and oxygen atoms in total. The van der Waals surface area contributed by atoms with E-state index >= 15 is 0 Å². The molecule has 0 unspecified atom stereocenters. The van der Waals surface area contributed by atoms with Crippen molar-refractivity contribution in [2.75, 3.05) is 7.11 Å². The molecular weight excluding hydrogens is 455 g/mol. The normalized spacial score (nSPS) is 13.5. The van der Waals surface area contributed by atoms with Crippen LogP contribution in [0.25, 0.3) is 27.0 Å². The maximum absolute atomic E-state index is 13.2. The van der Waals surface area contributed by atoms with Crippen LogP contribution in [0, 0.1) is 0 Å². The molecule has 0 saturated heterocycles. The van der Waals surface area contributed by atoms with E-state index < -0.39 is 23.1 Å². The Hall–Kier alpha value is -3.40. The minimum absolute atomic E-state index is 0.170. The second kappa shape index (κ2) is 7.58. The zero-order valence-electron chi connectivity index (χ0n) is 17.7. The molecule has 5 rings (SSSR count). The highest BCUT2D eigenvalue weighted by atomic mass is 32.1. The summed E-state index contributed by atoms with van der Waals surface area (Å²) in [5.41, 5.74) is 0.665. The number of methoxy groups -OCH3 is 1. The first kappa shape index (κ1) is 21.4. The third-order valence-corrected chi connectivity index (χ3v) is 6.82. The molecule has 0 amide bonds. The van der Waals surface area contributed by atoms with Gasteiger partial charge < -0.3 is 4.74 Å². The number of aromatic nitrogens is 3. The van der Waals surface area contributed by atoms with Gasteiger partial charge in [-0.05, 0) is 72.3 Å². The summed E-state index contributed by atoms with van der Waals surface area (Å²) < 4.78 is 51.7. The molecule has 10 heteroatoms. The van der Waals surface area contributed by atoms with Crippen molar-refractivity contribution in [3.63, 3.8) is 0 Å². The average Bonchev–Trinajstić information content (AvgIpc) is 3.40. The third kappa shape index (κ3) is 3.45. The first-order valence-electron chi connectivity index (χ1n) is 10.2. The minimum Gasteiger partial charge on any atom is -0.496 e. The molecule has 2 heterocycles. The van der Waals surface area contributed by atoms with E-state index in [0.29, 0.717) is 27.5 Å². The third-order valence-electron chi connectivity index (χ3n) is 5.99. The molecule has 170 valence electrons. The zero-order valence-corrected chi connectivity index (χ0v) is 18.5. The van der Waals surface area contributed by atoms with Crippen molar-refractivity contribution in [1.82, 2.24) is 13.5 Å². The standard InChI is InChI=1S/C23H18F3N3O3S/c1-28-19(23(24,25)26)11-20(30)29(22(28)31)14-6-7-18-16(10-14)21(27-33-18)15-8-12-4-3-5-13(12)9-17(15)32-2/h6-11H,3-5H2,1-2H3. The Kier molecular flexibility index (Phi) is 4.93. The van der Waals surface area contributed by atoms with Crippen LogP contribution in [0.3, 0.4) is 0 Å². The molecule has 0 radical (unpaired) electrons. The maximum Gasteiger partial charge on any atom is 0.431 e. The molecule has 2 aromatic heterocycles. The minimum atomic E-state index is -4.81. The largest absolute Gasteiger partial charge is 0.496 e. The van der Waals surface area contributed by atoms with Gasteiger partial charge in [-0.1, -0.05) is 0 Å². The summed E-state index contributed by atoms with van der Waals surface area (Å²) in [7, 11) is 2.58. The van der Waals surface area contributed by atoms with Crippen LogP contribution in [-0.4, -0.2) is 20.6 Å². The second-order valence-electron chi connectivity index (χ2n) is 7.93. The van der Waals surface area contributed by atoms with Gasteiger partial charge in [-0.15, -0.1) is 0 Å². The molecule has 0 atom stereocenters. The molecule has 0 bridgehead atoms. The molecule has 0 fully saturated rings. The SMILES string of the molecule is COc1cc2c(cc1-c1nsc3ccc(-n4c(=O)cc(C(F)(F)F)n(C)c4=O)cc13)CCC2. The molecule has 33 heavy (non-hydrogen) atoms. The fraction of sp³-hybridized carbons (Fsp3) is 0.261. The first-order valence-corrected chi connectivity index (χ1v) is 11.0. The summed E-state index contributed by atoms with van der Waals surface area (Å²) in [6.07, 6.45) is -1.78. The highest BCUT2D eigenvalue weighted by Crippen LogP contribution is 2.40. The van der Waals surface area contributed by atoms with E-state index in [-0.39, 0.29) is 5.69 Å². The van der Waals surface area contributed by atoms with Gasteiger partial charge in [-0.2, -0.15) is 17.5 Å². The van der Waals surface area contributed by atoms with E-state index in [1.807, 2.05) is 6.07 Å². The summed E-state index contributed by atoms with van der Waals surface area (Å²) >= 11 is 1.26. The lowest BCUT2D eigenvalue weighted by Gasteiger charge is -2.14. The Morgan fingerprint density at radius 2 is 1.79 bits per heavy atom. The lowest BCUT2D eigenvalue weighted by Crippen LogP contribution is -2.40. The predicted octanol–water partition coefficient (Wildman–Crippen LogP) is 4.33. The Morgan fingerprint density at radius 1 is 1.06 bits per heavy atom. The number of ether oxygens (including phenoxy) is 1. The van der Waals surface area contributed by atoms with Crippen molar-refractivity contribution in [1.29, 1.82) is 0 Å². The molecule has 1 aliphatic carbocycles. The predicted molar refractivity (Wildman–Crippen MR) is 119 cm³/mol. The van der Waals surface area contributed by atoms with Crippen LogP contribution in [0.5, 0.6) is 5.75 Å². The summed E-state index contributed by atoms with van der Waals surface area (Å²) in [4.78, 5) is 25.2. The number of alkyl halides is 3. The Labute approximate surface area is 189 Å². The lowest BCUT2D eigenvalue weighted by molar-refractivity contribution is -0.144. The molecule has 2 aromatic carbocycles. The molecule has 0 saturated carbocycles. The molecule has 0 N–H and O–H groups in total. The van der Waals surface area contributed by atoms with Crippen molar-refractivity contribution < 1.29 is 17.9 Å². The number of benzene rings is 2. The summed E-state index contributed by atoms with van der Waals surface area (Å²) in [6.45, 7) is 0. The average molecular weight is 473 g/mol. The number of rotatable bonds is 3. The fourth-order valence-corrected chi connectivity index (χ4v) is 5.12. The summed E-state index contributed by atoms with van der Waals surface area (Å²) in [5, 5.41) is 0.683. The highest BCUT2D eigenvalue weighted by Gasteiger charge is 2.35. The van der Waals surface area contributed by atoms with Crippen molar-refractivity contribution in [3.05, 3.63) is 74.1 Å². The van der Waals surface area contributed by atoms with Gasteiger partial charge in [-0.3, -0.25) is 9.36 Å². The molecule has 4 aromatic rings. The zero-order chi connectivity index (χ0) is 23.5. The lowest BCUT2D eigenvalue weighted by atomic mass is 10.0. The number of aryl methyl sites for hydroxylation is 2. The van der Waals surface area contributed by atoms with E-state index in [2.05, 4.69) is 10.4 Å². The van der Waals surface area contributed by atoms with E-state index in [1.165, 1.54) is 28.7 Å². The van der Waals surface area contributed by atoms with Crippen LogP contribution in [-0.2, 0) is 26.1 Å². The number of hydrogen-bond donors (Lipinski definition) is 0. The highest BCUT2D eigenvalue weighted by molar-refractivity contribution is 7.13. The maximum atomic E-state index is 13.2. The van der Waals surface area contributed by atoms with Crippen LogP contribution in [0.2, 0.25) is 0 Å². The molecule has 1 aliphatic rings. The van der Waals surface area contributed by atoms with Gasteiger partial charge in [0.2, 0.25) is 0 Å². The van der Waals surface area contributed by atoms with E-state index in [0.717, 1.165) is 41.1 Å². The first-order chi connectivity index (χ1) is 15.7. The number of hydrogen-bond acceptors (Lipinski definition) is 5. The van der Waals surface area contributed by atoms with Crippen molar-refractivity contribution in [2.24, 2.45) is 7.05 Å². The molecule has 0 spiro atoms. The van der Waals surface area contributed by atoms with E-state index in [4.69, 9.17) is 4.74 Å². The smallest absolute Gasteiger partial charge is 0.431 e. The second-order valence-corrected chi connectivity index (χ2v) is 8.73. The number of fused-ring (bicyclic) bond motifs is 2. The molecule has 0 aliphatic heterocycles. The van der Waals surface area contributed by atoms with Crippen LogP contribution in [0.1, 0.15) is 23.2 Å². The number of nitrogens with zero attached hydrogens (tertiary/aromatic N) is 3. The molecular formula is C23H18F3N3O3S. The van der Waals surface area contributed by atoms with Crippen LogP contribution >= 0.6 is 11.5 Å². The van der Waals surface area contributed by atoms with Gasteiger partial charge >= 0.3 is 11.9 Å². The van der Waals surface area contributed by atoms with Crippen LogP contribution < -0.4 is 16.0 Å². The van der Waals surface area contributed by atoms with Gasteiger partial charge in [0.15, 0.2) is 0 Å². The number of halogens is 3. The van der Waals surface area contributed by atoms with Crippen molar-refractivity contribution >= 4 is 21.6 Å². The van der Waals surface area contributed by atoms with Crippen molar-refractivity contribution in [2.45, 2.75) is 25.4 Å². The van der Waals surface area contributed by atoms with E-state index in [1.54, 1.807) is 19.2 Å². The van der Waals surface area contributed by atoms with Crippen LogP contribution in [0.4, 0.5) is 13.2 Å². The van der Waals surface area contributed by atoms with Gasteiger partial charge in [-0.25, -0.2) is 9.36 Å².